The largest absolute Gasteiger partial charge is 0.481 e. The van der Waals surface area contributed by atoms with Crippen LogP contribution in [0.2, 0.25) is 0 Å². The van der Waals surface area contributed by atoms with E-state index in [1.165, 1.54) is 12.1 Å². The summed E-state index contributed by atoms with van der Waals surface area (Å²) in [5.74, 6) is -0.954. The Kier molecular flexibility index (Phi) is 5.34. The molecule has 1 atom stereocenters. The van der Waals surface area contributed by atoms with Gasteiger partial charge < -0.3 is 5.11 Å². The molecule has 0 amide bonds. The maximum Gasteiger partial charge on any atom is 0.303 e. The van der Waals surface area contributed by atoms with Gasteiger partial charge in [-0.2, -0.15) is 0 Å². The third-order valence-corrected chi connectivity index (χ3v) is 5.32. The van der Waals surface area contributed by atoms with E-state index in [0.717, 1.165) is 4.47 Å². The van der Waals surface area contributed by atoms with Crippen molar-refractivity contribution in [3.63, 3.8) is 0 Å². The molecule has 0 heterocycles. The van der Waals surface area contributed by atoms with Gasteiger partial charge in [0.15, 0.2) is 0 Å². The summed E-state index contributed by atoms with van der Waals surface area (Å²) >= 11 is 3.24. The molecule has 0 spiro atoms. The summed E-state index contributed by atoms with van der Waals surface area (Å²) in [4.78, 5) is 11.0. The second-order valence-electron chi connectivity index (χ2n) is 5.36. The minimum absolute atomic E-state index is 0.114. The van der Waals surface area contributed by atoms with Crippen LogP contribution < -0.4 is 4.72 Å². The van der Waals surface area contributed by atoms with E-state index < -0.39 is 27.4 Å². The van der Waals surface area contributed by atoms with Crippen LogP contribution in [0.25, 0.3) is 0 Å². The molecule has 0 aliphatic heterocycles. The van der Waals surface area contributed by atoms with Gasteiger partial charge in [-0.1, -0.05) is 29.8 Å². The first kappa shape index (κ1) is 17.1. The highest BCUT2D eigenvalue weighted by Gasteiger charge is 2.32. The standard InChI is InChI=1S/C13H18BrNO4S/c1-9(13(2,3)8-12(16)17)15-20(18,19)11-6-4-10(14)5-7-11/h4-7,9,15H,8H2,1-3H3,(H,16,17). The van der Waals surface area contributed by atoms with Crippen LogP contribution in [0.5, 0.6) is 0 Å². The van der Waals surface area contributed by atoms with Crippen LogP contribution in [0, 0.1) is 5.41 Å². The van der Waals surface area contributed by atoms with E-state index in [2.05, 4.69) is 20.7 Å². The van der Waals surface area contributed by atoms with Crippen molar-refractivity contribution in [1.82, 2.24) is 4.72 Å². The summed E-state index contributed by atoms with van der Waals surface area (Å²) < 4.78 is 27.7. The van der Waals surface area contributed by atoms with Crippen molar-refractivity contribution in [3.05, 3.63) is 28.7 Å². The van der Waals surface area contributed by atoms with Crippen molar-refractivity contribution < 1.29 is 18.3 Å². The number of carbonyl (C=O) groups is 1. The molecule has 1 aromatic carbocycles. The molecule has 1 unspecified atom stereocenters. The number of hydrogen-bond donors (Lipinski definition) is 2. The summed E-state index contributed by atoms with van der Waals surface area (Å²) in [5, 5.41) is 8.86. The fraction of sp³-hybridized carbons (Fsp3) is 0.462. The number of aliphatic carboxylic acids is 1. The van der Waals surface area contributed by atoms with Gasteiger partial charge in [-0.25, -0.2) is 13.1 Å². The van der Waals surface area contributed by atoms with Gasteiger partial charge in [-0.15, -0.1) is 0 Å². The average Bonchev–Trinajstić information content (AvgIpc) is 2.27. The summed E-state index contributed by atoms with van der Waals surface area (Å²) in [6.07, 6.45) is -0.114. The summed E-state index contributed by atoms with van der Waals surface area (Å²) in [6, 6.07) is 5.75. The topological polar surface area (TPSA) is 83.5 Å². The van der Waals surface area contributed by atoms with E-state index in [1.54, 1.807) is 32.9 Å². The van der Waals surface area contributed by atoms with E-state index >= 15 is 0 Å². The maximum atomic E-state index is 12.2. The van der Waals surface area contributed by atoms with Crippen molar-refractivity contribution >= 4 is 31.9 Å². The number of carboxylic acids is 1. The maximum absolute atomic E-state index is 12.2. The van der Waals surface area contributed by atoms with Crippen LogP contribution >= 0.6 is 15.9 Å². The lowest BCUT2D eigenvalue weighted by molar-refractivity contribution is -0.139. The van der Waals surface area contributed by atoms with Crippen molar-refractivity contribution in [2.75, 3.05) is 0 Å². The Hall–Kier alpha value is -0.920. The summed E-state index contributed by atoms with van der Waals surface area (Å²) in [6.45, 7) is 5.10. The Morgan fingerprint density at radius 3 is 2.30 bits per heavy atom. The zero-order chi connectivity index (χ0) is 15.6. The number of carboxylic acid groups (broad SMARTS) is 1. The van der Waals surface area contributed by atoms with E-state index in [-0.39, 0.29) is 11.3 Å². The molecule has 7 heteroatoms. The molecule has 5 nitrogen and oxygen atoms in total. The number of benzene rings is 1. The Labute approximate surface area is 127 Å². The Morgan fingerprint density at radius 1 is 1.35 bits per heavy atom. The molecule has 0 fully saturated rings. The smallest absolute Gasteiger partial charge is 0.303 e. The second-order valence-corrected chi connectivity index (χ2v) is 7.99. The Bertz CT molecular complexity index is 581. The fourth-order valence-electron chi connectivity index (χ4n) is 1.62. The number of nitrogens with one attached hydrogen (secondary N) is 1. The Balaban J connectivity index is 2.91. The van der Waals surface area contributed by atoms with Crippen LogP contribution in [-0.4, -0.2) is 25.5 Å². The molecule has 2 N–H and O–H groups in total. The number of halogens is 1. The highest BCUT2D eigenvalue weighted by atomic mass is 79.9. The molecule has 0 radical (unpaired) electrons. The molecule has 1 aromatic rings. The molecule has 112 valence electrons. The van der Waals surface area contributed by atoms with E-state index in [1.807, 2.05) is 0 Å². The third-order valence-electron chi connectivity index (χ3n) is 3.23. The molecule has 1 rings (SSSR count). The van der Waals surface area contributed by atoms with Crippen LogP contribution in [0.15, 0.2) is 33.6 Å². The van der Waals surface area contributed by atoms with Crippen LogP contribution in [0.1, 0.15) is 27.2 Å². The number of sulfonamides is 1. The number of hydrogen-bond acceptors (Lipinski definition) is 3. The molecular weight excluding hydrogens is 346 g/mol. The van der Waals surface area contributed by atoms with Gasteiger partial charge in [0.05, 0.1) is 11.3 Å². The second kappa shape index (κ2) is 6.24. The van der Waals surface area contributed by atoms with Crippen molar-refractivity contribution in [2.45, 2.75) is 38.1 Å². The molecule has 0 aliphatic carbocycles. The molecule has 20 heavy (non-hydrogen) atoms. The van der Waals surface area contributed by atoms with E-state index in [9.17, 15) is 13.2 Å². The highest BCUT2D eigenvalue weighted by Crippen LogP contribution is 2.26. The van der Waals surface area contributed by atoms with Crippen LogP contribution in [0.3, 0.4) is 0 Å². The predicted octanol–water partition coefficient (Wildman–Crippen LogP) is 2.62. The molecule has 0 saturated heterocycles. The molecule has 0 aliphatic rings. The van der Waals surface area contributed by atoms with Gasteiger partial charge >= 0.3 is 5.97 Å². The lowest BCUT2D eigenvalue weighted by atomic mass is 9.83. The quantitative estimate of drug-likeness (QED) is 0.813. The van der Waals surface area contributed by atoms with Crippen molar-refractivity contribution in [3.8, 4) is 0 Å². The number of rotatable bonds is 6. The van der Waals surface area contributed by atoms with Gasteiger partial charge in [-0.05, 0) is 36.6 Å². The predicted molar refractivity (Wildman–Crippen MR) is 80.0 cm³/mol. The molecular formula is C13H18BrNO4S. The van der Waals surface area contributed by atoms with Crippen molar-refractivity contribution in [2.24, 2.45) is 5.41 Å². The van der Waals surface area contributed by atoms with Gasteiger partial charge in [0.1, 0.15) is 0 Å². The van der Waals surface area contributed by atoms with Crippen molar-refractivity contribution in [1.29, 1.82) is 0 Å². The lowest BCUT2D eigenvalue weighted by Crippen LogP contribution is -2.43. The average molecular weight is 364 g/mol. The van der Waals surface area contributed by atoms with Gasteiger partial charge in [-0.3, -0.25) is 4.79 Å². The van der Waals surface area contributed by atoms with Gasteiger partial charge in [0.25, 0.3) is 0 Å². The lowest BCUT2D eigenvalue weighted by Gasteiger charge is -2.30. The fourth-order valence-corrected chi connectivity index (χ4v) is 3.30. The minimum atomic E-state index is -3.66. The Morgan fingerprint density at radius 2 is 1.85 bits per heavy atom. The zero-order valence-electron chi connectivity index (χ0n) is 11.6. The molecule has 0 bridgehead atoms. The zero-order valence-corrected chi connectivity index (χ0v) is 14.0. The van der Waals surface area contributed by atoms with E-state index in [0.29, 0.717) is 0 Å². The first-order valence-electron chi connectivity index (χ1n) is 6.04. The first-order chi connectivity index (χ1) is 9.04. The first-order valence-corrected chi connectivity index (χ1v) is 8.32. The molecule has 0 saturated carbocycles. The summed E-state index contributed by atoms with van der Waals surface area (Å²) in [5.41, 5.74) is -0.686. The minimum Gasteiger partial charge on any atom is -0.481 e. The SMILES string of the molecule is CC(NS(=O)(=O)c1ccc(Br)cc1)C(C)(C)CC(=O)O. The van der Waals surface area contributed by atoms with Crippen LogP contribution in [-0.2, 0) is 14.8 Å². The van der Waals surface area contributed by atoms with Gasteiger partial charge in [0.2, 0.25) is 10.0 Å². The summed E-state index contributed by atoms with van der Waals surface area (Å²) in [7, 11) is -3.66. The van der Waals surface area contributed by atoms with Gasteiger partial charge in [0, 0.05) is 10.5 Å². The monoisotopic (exact) mass is 363 g/mol. The van der Waals surface area contributed by atoms with E-state index in [4.69, 9.17) is 5.11 Å². The van der Waals surface area contributed by atoms with Crippen LogP contribution in [0.4, 0.5) is 0 Å². The third kappa shape index (κ3) is 4.57. The molecule has 0 aromatic heterocycles. The highest BCUT2D eigenvalue weighted by molar-refractivity contribution is 9.10. The normalized spacial score (nSPS) is 14.0.